The van der Waals surface area contributed by atoms with Crippen LogP contribution >= 0.6 is 0 Å². The standard InChI is InChI=1S/C36H60N6O12/c1-19(2)16-22(37-31(46)52-34(7,8)9)25(43)49-28-40-29(50-26(44)23(17-20(3)4)38-32(47)53-35(10,11)12)42-30(41-28)51-27(45)24(18-21(5)6)39-33(48)54-36(13,14)15/h19-24H,16-18H2,1-15H3,(H,37,46)(H,38,47)(H,39,48)/t22-,23-,24-/m0/s1. The zero-order valence-electron chi connectivity index (χ0n) is 34.3. The van der Waals surface area contributed by atoms with Crippen LogP contribution in [0, 0.1) is 17.8 Å². The lowest BCUT2D eigenvalue weighted by molar-refractivity contribution is -0.138. The number of nitrogens with one attached hydrogen (secondary N) is 3. The van der Waals surface area contributed by atoms with Crippen LogP contribution in [0.1, 0.15) is 123 Å². The third kappa shape index (κ3) is 20.5. The summed E-state index contributed by atoms with van der Waals surface area (Å²) >= 11 is 0. The fourth-order valence-electron chi connectivity index (χ4n) is 4.35. The molecule has 0 bridgehead atoms. The number of alkyl carbamates (subject to hydrolysis) is 3. The number of aromatic nitrogens is 3. The van der Waals surface area contributed by atoms with Crippen LogP contribution in [0.2, 0.25) is 0 Å². The third-order valence-electron chi connectivity index (χ3n) is 6.20. The number of carbonyl (C=O) groups is 6. The van der Waals surface area contributed by atoms with Crippen molar-refractivity contribution in [3.8, 4) is 18.0 Å². The highest BCUT2D eigenvalue weighted by Crippen LogP contribution is 2.20. The number of amides is 3. The highest BCUT2D eigenvalue weighted by molar-refractivity contribution is 5.84. The third-order valence-corrected chi connectivity index (χ3v) is 6.20. The van der Waals surface area contributed by atoms with Gasteiger partial charge in [0.2, 0.25) is 0 Å². The fourth-order valence-corrected chi connectivity index (χ4v) is 4.35. The molecule has 306 valence electrons. The van der Waals surface area contributed by atoms with E-state index in [4.69, 9.17) is 28.4 Å². The van der Waals surface area contributed by atoms with Gasteiger partial charge in [-0.1, -0.05) is 41.5 Å². The van der Waals surface area contributed by atoms with Gasteiger partial charge in [-0.15, -0.1) is 15.0 Å². The second-order valence-corrected chi connectivity index (χ2v) is 16.9. The van der Waals surface area contributed by atoms with Gasteiger partial charge in [-0.3, -0.25) is 0 Å². The first-order valence-electron chi connectivity index (χ1n) is 17.9. The summed E-state index contributed by atoms with van der Waals surface area (Å²) in [6, 6.07) is -6.01. The molecular formula is C36H60N6O12. The summed E-state index contributed by atoms with van der Waals surface area (Å²) in [7, 11) is 0. The van der Waals surface area contributed by atoms with Crippen molar-refractivity contribution in [1.29, 1.82) is 0 Å². The van der Waals surface area contributed by atoms with Crippen LogP contribution in [0.15, 0.2) is 0 Å². The minimum absolute atomic E-state index is 0.102. The molecule has 0 saturated heterocycles. The molecule has 1 rings (SSSR count). The van der Waals surface area contributed by atoms with Gasteiger partial charge in [-0.25, -0.2) is 28.8 Å². The molecule has 1 aromatic heterocycles. The Labute approximate surface area is 317 Å². The lowest BCUT2D eigenvalue weighted by atomic mass is 10.0. The SMILES string of the molecule is CC(C)C[C@H](NC(=O)OC(C)(C)C)C(=O)Oc1nc(OC(=O)[C@H](CC(C)C)NC(=O)OC(C)(C)C)nc(OC(=O)[C@H](CC(C)C)NC(=O)OC(C)(C)C)n1. The van der Waals surface area contributed by atoms with Crippen LogP contribution in [-0.2, 0) is 28.6 Å². The molecular weight excluding hydrogens is 708 g/mol. The predicted molar refractivity (Wildman–Crippen MR) is 195 cm³/mol. The van der Waals surface area contributed by atoms with E-state index in [2.05, 4.69) is 30.9 Å². The summed E-state index contributed by atoms with van der Waals surface area (Å²) in [5.74, 6) is -3.38. The van der Waals surface area contributed by atoms with Crippen LogP contribution in [0.3, 0.4) is 0 Å². The Bertz CT molecular complexity index is 1280. The van der Waals surface area contributed by atoms with Gasteiger partial charge >= 0.3 is 54.2 Å². The van der Waals surface area contributed by atoms with E-state index in [-0.39, 0.29) is 37.0 Å². The highest BCUT2D eigenvalue weighted by atomic mass is 16.6. The van der Waals surface area contributed by atoms with E-state index in [0.29, 0.717) is 0 Å². The summed E-state index contributed by atoms with van der Waals surface area (Å²) in [6.07, 6.45) is -2.29. The van der Waals surface area contributed by atoms with Gasteiger partial charge in [-0.05, 0) is 99.3 Å². The van der Waals surface area contributed by atoms with Crippen LogP contribution in [0.25, 0.3) is 0 Å². The van der Waals surface area contributed by atoms with Gasteiger partial charge in [0, 0.05) is 0 Å². The molecule has 1 aromatic rings. The highest BCUT2D eigenvalue weighted by Gasteiger charge is 2.32. The molecule has 18 heteroatoms. The number of hydrogen-bond donors (Lipinski definition) is 3. The lowest BCUT2D eigenvalue weighted by Crippen LogP contribution is -2.46. The summed E-state index contributed by atoms with van der Waals surface area (Å²) in [4.78, 5) is 89.7. The van der Waals surface area contributed by atoms with E-state index in [0.717, 1.165) is 0 Å². The molecule has 1 heterocycles. The molecule has 0 aliphatic carbocycles. The molecule has 0 saturated carbocycles. The average Bonchev–Trinajstić information content (AvgIpc) is 2.92. The summed E-state index contributed by atoms with van der Waals surface area (Å²) < 4.78 is 32.1. The largest absolute Gasteiger partial charge is 0.444 e. The molecule has 0 radical (unpaired) electrons. The Morgan fingerprint density at radius 3 is 0.815 bits per heavy atom. The van der Waals surface area contributed by atoms with Gasteiger partial charge in [0.05, 0.1) is 0 Å². The van der Waals surface area contributed by atoms with E-state index in [9.17, 15) is 28.8 Å². The number of carbonyl (C=O) groups excluding carboxylic acids is 6. The number of esters is 3. The summed E-state index contributed by atoms with van der Waals surface area (Å²) in [5.41, 5.74) is -2.58. The minimum atomic E-state index is -1.24. The van der Waals surface area contributed by atoms with E-state index >= 15 is 0 Å². The number of ether oxygens (including phenoxy) is 6. The van der Waals surface area contributed by atoms with E-state index in [1.807, 2.05) is 41.5 Å². The minimum Gasteiger partial charge on any atom is -0.444 e. The van der Waals surface area contributed by atoms with Crippen molar-refractivity contribution in [1.82, 2.24) is 30.9 Å². The van der Waals surface area contributed by atoms with Crippen LogP contribution < -0.4 is 30.2 Å². The average molecular weight is 769 g/mol. The maximum atomic E-state index is 13.4. The van der Waals surface area contributed by atoms with E-state index in [1.165, 1.54) is 0 Å². The molecule has 54 heavy (non-hydrogen) atoms. The Morgan fingerprint density at radius 2 is 0.648 bits per heavy atom. The van der Waals surface area contributed by atoms with Gasteiger partial charge in [-0.2, -0.15) is 0 Å². The second kappa shape index (κ2) is 20.1. The number of rotatable bonds is 15. The first-order chi connectivity index (χ1) is 24.5. The molecule has 0 unspecified atom stereocenters. The quantitative estimate of drug-likeness (QED) is 0.150. The molecule has 0 aromatic carbocycles. The first kappa shape index (κ1) is 47.3. The van der Waals surface area contributed by atoms with Crippen molar-refractivity contribution in [2.45, 2.75) is 158 Å². The Kier molecular flexibility index (Phi) is 17.6. The zero-order chi connectivity index (χ0) is 41.8. The fraction of sp³-hybridized carbons (Fsp3) is 0.750. The molecule has 0 aliphatic rings. The molecule has 18 nitrogen and oxygen atoms in total. The smallest absolute Gasteiger partial charge is 0.408 e. The van der Waals surface area contributed by atoms with Crippen molar-refractivity contribution >= 4 is 36.2 Å². The first-order valence-corrected chi connectivity index (χ1v) is 17.9. The van der Waals surface area contributed by atoms with Crippen molar-refractivity contribution < 1.29 is 57.2 Å². The van der Waals surface area contributed by atoms with E-state index in [1.54, 1.807) is 62.3 Å². The maximum absolute atomic E-state index is 13.4. The summed E-state index contributed by atoms with van der Waals surface area (Å²) in [6.45, 7) is 25.8. The van der Waals surface area contributed by atoms with Crippen molar-refractivity contribution in [3.63, 3.8) is 0 Å². The predicted octanol–water partition coefficient (Wildman–Crippen LogP) is 5.41. The second-order valence-electron chi connectivity index (χ2n) is 16.9. The van der Waals surface area contributed by atoms with Gasteiger partial charge in [0.25, 0.3) is 0 Å². The molecule has 0 aliphatic heterocycles. The van der Waals surface area contributed by atoms with Crippen LogP contribution in [-0.4, -0.2) is 86.1 Å². The molecule has 0 fully saturated rings. The van der Waals surface area contributed by atoms with Crippen LogP contribution in [0.5, 0.6) is 18.0 Å². The van der Waals surface area contributed by atoms with Gasteiger partial charge in [0.15, 0.2) is 0 Å². The Morgan fingerprint density at radius 1 is 0.444 bits per heavy atom. The van der Waals surface area contributed by atoms with Crippen molar-refractivity contribution in [2.75, 3.05) is 0 Å². The zero-order valence-corrected chi connectivity index (χ0v) is 34.3. The number of nitrogens with zero attached hydrogens (tertiary/aromatic N) is 3. The van der Waals surface area contributed by atoms with Crippen LogP contribution in [0.4, 0.5) is 14.4 Å². The lowest BCUT2D eigenvalue weighted by Gasteiger charge is -2.24. The molecule has 0 spiro atoms. The monoisotopic (exact) mass is 768 g/mol. The van der Waals surface area contributed by atoms with Crippen molar-refractivity contribution in [2.24, 2.45) is 17.8 Å². The number of hydrogen-bond acceptors (Lipinski definition) is 15. The topological polar surface area (TPSA) is 233 Å². The Hall–Kier alpha value is -4.77. The maximum Gasteiger partial charge on any atom is 0.408 e. The summed E-state index contributed by atoms with van der Waals surface area (Å²) in [5, 5.41) is 7.41. The Balaban J connectivity index is 3.60. The normalized spacial score (nSPS) is 13.7. The molecule has 3 amide bonds. The van der Waals surface area contributed by atoms with E-state index < -0.39 is 89.1 Å². The van der Waals surface area contributed by atoms with Gasteiger partial charge in [0.1, 0.15) is 34.9 Å². The molecule has 3 N–H and O–H groups in total. The van der Waals surface area contributed by atoms with Crippen molar-refractivity contribution in [3.05, 3.63) is 0 Å². The molecule has 3 atom stereocenters. The van der Waals surface area contributed by atoms with Gasteiger partial charge < -0.3 is 44.4 Å².